The van der Waals surface area contributed by atoms with Crippen LogP contribution >= 0.6 is 15.6 Å². The van der Waals surface area contributed by atoms with Crippen molar-refractivity contribution >= 4 is 15.6 Å². The molecule has 0 bridgehead atoms. The van der Waals surface area contributed by atoms with Crippen molar-refractivity contribution in [3.63, 3.8) is 0 Å². The van der Waals surface area contributed by atoms with Crippen LogP contribution in [0.15, 0.2) is 134 Å². The van der Waals surface area contributed by atoms with Crippen LogP contribution in [0.25, 0.3) is 34.2 Å². The average molecular weight is 972 g/mol. The van der Waals surface area contributed by atoms with Gasteiger partial charge in [-0.3, -0.25) is 29.9 Å². The molecular weight excluding hydrogens is 931 g/mol. The molecule has 0 saturated heterocycles. The normalized spacial score (nSPS) is 13.7. The Labute approximate surface area is 346 Å². The third-order valence-corrected chi connectivity index (χ3v) is 6.70. The maximum Gasteiger partial charge on any atom is 2.00 e. The second-order valence-electron chi connectivity index (χ2n) is 14.1. The Morgan fingerprint density at radius 3 is 0.695 bits per heavy atom. The number of pyridine rings is 6. The van der Waals surface area contributed by atoms with E-state index in [1.54, 1.807) is 24.8 Å². The van der Waals surface area contributed by atoms with Gasteiger partial charge in [0.25, 0.3) is 0 Å². The Morgan fingerprint density at radius 2 is 0.525 bits per heavy atom. The molecule has 0 fully saturated rings. The minimum absolute atomic E-state index is 0. The van der Waals surface area contributed by atoms with Gasteiger partial charge in [-0.25, -0.2) is 0 Å². The standard InChI is InChI=1S/C18H24N2.2C10H8N2.2F6P.Ru/c1-17(2,3)13-7-9-19-15(11-13)16-12-14(8-10-20-16)18(4,5)6;2*1-3-7-11-9(5-1)10-6-2-4-8-12-10;2*1-7(2,3,4,5)6;/h7-12H,1-6H3;2*1-8H;;;/q;;;2*-1;+2. The minimum atomic E-state index is -10.7. The summed E-state index contributed by atoms with van der Waals surface area (Å²) in [6.07, 6.45) is 10.8. The molecule has 6 nitrogen and oxygen atoms in total. The molecule has 0 aliphatic heterocycles. The first kappa shape index (κ1) is 52.6. The Balaban J connectivity index is 0.000000390. The fraction of sp³-hybridized carbons (Fsp3) is 0.211. The van der Waals surface area contributed by atoms with Crippen molar-refractivity contribution in [2.24, 2.45) is 0 Å². The third kappa shape index (κ3) is 27.8. The van der Waals surface area contributed by atoms with E-state index in [-0.39, 0.29) is 30.3 Å². The van der Waals surface area contributed by atoms with Gasteiger partial charge in [0.05, 0.1) is 34.2 Å². The van der Waals surface area contributed by atoms with Gasteiger partial charge in [-0.15, -0.1) is 0 Å². The van der Waals surface area contributed by atoms with E-state index in [9.17, 15) is 50.4 Å². The molecule has 6 heterocycles. The number of nitrogens with zero attached hydrogens (tertiary/aromatic N) is 6. The Hall–Kier alpha value is -4.46. The number of halogens is 12. The van der Waals surface area contributed by atoms with E-state index >= 15 is 0 Å². The summed E-state index contributed by atoms with van der Waals surface area (Å²) in [5.74, 6) is 0. The summed E-state index contributed by atoms with van der Waals surface area (Å²) in [4.78, 5) is 25.7. The van der Waals surface area contributed by atoms with Crippen molar-refractivity contribution in [2.75, 3.05) is 0 Å². The van der Waals surface area contributed by atoms with Gasteiger partial charge in [-0.2, -0.15) is 0 Å². The van der Waals surface area contributed by atoms with Crippen molar-refractivity contribution in [1.82, 2.24) is 29.9 Å². The zero-order chi connectivity index (χ0) is 44.2. The number of rotatable bonds is 3. The summed E-state index contributed by atoms with van der Waals surface area (Å²) in [7, 11) is -21.3. The van der Waals surface area contributed by atoms with E-state index in [0.29, 0.717) is 0 Å². The fourth-order valence-electron chi connectivity index (χ4n) is 4.13. The van der Waals surface area contributed by atoms with Crippen molar-refractivity contribution in [3.8, 4) is 34.2 Å². The molecule has 0 unspecified atom stereocenters. The molecule has 0 radical (unpaired) electrons. The topological polar surface area (TPSA) is 77.3 Å². The quantitative estimate of drug-likeness (QED) is 0.0999. The predicted octanol–water partition coefficient (Wildman–Crippen LogP) is 15.8. The summed E-state index contributed by atoms with van der Waals surface area (Å²) in [6.45, 7) is 13.3. The molecule has 6 aromatic rings. The van der Waals surface area contributed by atoms with E-state index in [1.165, 1.54) is 11.1 Å². The van der Waals surface area contributed by atoms with Gasteiger partial charge in [0.1, 0.15) is 0 Å². The van der Waals surface area contributed by atoms with Crippen molar-refractivity contribution in [2.45, 2.75) is 52.4 Å². The zero-order valence-electron chi connectivity index (χ0n) is 32.2. The number of aromatic nitrogens is 6. The van der Waals surface area contributed by atoms with Gasteiger partial charge < -0.3 is 0 Å². The van der Waals surface area contributed by atoms with E-state index < -0.39 is 15.6 Å². The van der Waals surface area contributed by atoms with Crippen LogP contribution in [-0.4, -0.2) is 29.9 Å². The second kappa shape index (κ2) is 18.4. The van der Waals surface area contributed by atoms with Crippen molar-refractivity contribution < 1.29 is 69.8 Å². The molecule has 0 N–H and O–H groups in total. The molecule has 0 amide bonds. The van der Waals surface area contributed by atoms with Crippen LogP contribution in [0.5, 0.6) is 0 Å². The molecule has 0 atom stereocenters. The van der Waals surface area contributed by atoms with Crippen molar-refractivity contribution in [3.05, 3.63) is 145 Å². The van der Waals surface area contributed by atoms with Crippen LogP contribution in [0, 0.1) is 0 Å². The predicted molar refractivity (Wildman–Crippen MR) is 207 cm³/mol. The SMILES string of the molecule is CC(C)(C)c1ccnc(-c2cc(C(C)(C)C)ccn2)c1.F[P-](F)(F)(F)(F)F.F[P-](F)(F)(F)(F)F.[Ru+2].c1ccc(-c2ccccn2)nc1.c1ccc(-c2ccccn2)nc1. The fourth-order valence-corrected chi connectivity index (χ4v) is 4.13. The second-order valence-corrected chi connectivity index (χ2v) is 18.0. The van der Waals surface area contributed by atoms with Crippen LogP contribution in [0.3, 0.4) is 0 Å². The first-order valence-corrected chi connectivity index (χ1v) is 20.8. The van der Waals surface area contributed by atoms with Gasteiger partial charge in [0.15, 0.2) is 0 Å². The smallest absolute Gasteiger partial charge is 0.255 e. The van der Waals surface area contributed by atoms with Gasteiger partial charge in [0.2, 0.25) is 0 Å². The largest absolute Gasteiger partial charge is 2.00 e. The van der Waals surface area contributed by atoms with Crippen LogP contribution in [0.1, 0.15) is 52.7 Å². The number of hydrogen-bond donors (Lipinski definition) is 0. The van der Waals surface area contributed by atoms with E-state index in [4.69, 9.17) is 0 Å². The molecule has 0 saturated carbocycles. The Bertz CT molecular complexity index is 1920. The third-order valence-electron chi connectivity index (χ3n) is 6.70. The summed E-state index contributed by atoms with van der Waals surface area (Å²) < 4.78 is 118. The summed E-state index contributed by atoms with van der Waals surface area (Å²) in [5.41, 5.74) is 8.37. The average Bonchev–Trinajstić information content (AvgIpc) is 3.10. The molecule has 59 heavy (non-hydrogen) atoms. The molecular formula is C38H40F12N6P2Ru. The maximum absolute atomic E-state index is 10.7. The summed E-state index contributed by atoms with van der Waals surface area (Å²) >= 11 is 0. The molecule has 6 rings (SSSR count). The Morgan fingerprint density at radius 1 is 0.322 bits per heavy atom. The van der Waals surface area contributed by atoms with E-state index in [1.807, 2.05) is 85.2 Å². The monoisotopic (exact) mass is 972 g/mol. The molecule has 21 heteroatoms. The molecule has 0 spiro atoms. The zero-order valence-corrected chi connectivity index (χ0v) is 35.7. The van der Waals surface area contributed by atoms with Gasteiger partial charge >= 0.3 is 85.5 Å². The van der Waals surface area contributed by atoms with Crippen LogP contribution in [-0.2, 0) is 30.3 Å². The van der Waals surface area contributed by atoms with Gasteiger partial charge in [-0.1, -0.05) is 65.8 Å². The molecule has 0 aromatic carbocycles. The summed E-state index contributed by atoms with van der Waals surface area (Å²) in [5, 5.41) is 0. The summed E-state index contributed by atoms with van der Waals surface area (Å²) in [6, 6.07) is 31.6. The van der Waals surface area contributed by atoms with Crippen LogP contribution in [0.2, 0.25) is 0 Å². The van der Waals surface area contributed by atoms with Crippen LogP contribution < -0.4 is 0 Å². The van der Waals surface area contributed by atoms with Gasteiger partial charge in [0, 0.05) is 37.2 Å². The Kier molecular flexibility index (Phi) is 16.4. The molecule has 0 aliphatic rings. The first-order chi connectivity index (χ1) is 26.0. The maximum atomic E-state index is 9.87. The van der Waals surface area contributed by atoms with E-state index in [0.717, 1.165) is 34.2 Å². The molecule has 0 aliphatic carbocycles. The molecule has 6 aromatic heterocycles. The van der Waals surface area contributed by atoms with Crippen molar-refractivity contribution in [1.29, 1.82) is 0 Å². The minimum Gasteiger partial charge on any atom is -0.255 e. The number of hydrogen-bond acceptors (Lipinski definition) is 6. The molecule has 324 valence electrons. The van der Waals surface area contributed by atoms with E-state index in [2.05, 4.69) is 95.7 Å². The van der Waals surface area contributed by atoms with Gasteiger partial charge in [-0.05, 0) is 94.8 Å². The first-order valence-electron chi connectivity index (χ1n) is 16.7. The van der Waals surface area contributed by atoms with Crippen LogP contribution in [0.4, 0.5) is 50.4 Å².